The normalized spacial score (nSPS) is 38.6. The minimum Gasteiger partial charge on any atom is -0.339 e. The molecule has 1 heterocycles. The molecule has 0 aliphatic heterocycles. The van der Waals surface area contributed by atoms with Gasteiger partial charge in [0, 0.05) is 17.9 Å². The topological polar surface area (TPSA) is 64.9 Å². The van der Waals surface area contributed by atoms with Crippen LogP contribution in [0.4, 0.5) is 0 Å². The lowest BCUT2D eigenvalue weighted by Crippen LogP contribution is -2.25. The van der Waals surface area contributed by atoms with Gasteiger partial charge in [0.05, 0.1) is 0 Å². The van der Waals surface area contributed by atoms with E-state index in [0.717, 1.165) is 43.3 Å². The van der Waals surface area contributed by atoms with Gasteiger partial charge in [0.15, 0.2) is 5.82 Å². The summed E-state index contributed by atoms with van der Waals surface area (Å²) in [5.41, 5.74) is 5.89. The molecule has 0 spiro atoms. The average molecular weight is 221 g/mol. The molecule has 1 aromatic rings. The summed E-state index contributed by atoms with van der Waals surface area (Å²) >= 11 is 0. The van der Waals surface area contributed by atoms with Crippen molar-refractivity contribution in [1.82, 2.24) is 10.1 Å². The van der Waals surface area contributed by atoms with E-state index in [1.54, 1.807) is 0 Å². The molecular formula is C12H19N3O. The minimum atomic E-state index is 0.377. The van der Waals surface area contributed by atoms with Gasteiger partial charge in [-0.3, -0.25) is 0 Å². The molecule has 2 unspecified atom stereocenters. The van der Waals surface area contributed by atoms with Crippen LogP contribution in [0.25, 0.3) is 0 Å². The van der Waals surface area contributed by atoms with Gasteiger partial charge in [0.25, 0.3) is 0 Å². The van der Waals surface area contributed by atoms with Gasteiger partial charge in [-0.25, -0.2) is 0 Å². The second-order valence-electron chi connectivity index (χ2n) is 5.42. The molecule has 2 aliphatic carbocycles. The summed E-state index contributed by atoms with van der Waals surface area (Å²) in [5.74, 6) is 3.53. The molecule has 0 amide bonds. The molecule has 4 nitrogen and oxygen atoms in total. The smallest absolute Gasteiger partial charge is 0.229 e. The number of nitrogens with two attached hydrogens (primary N) is 1. The fourth-order valence-corrected chi connectivity index (χ4v) is 2.61. The summed E-state index contributed by atoms with van der Waals surface area (Å²) in [5, 5.41) is 4.11. The number of rotatable bonds is 2. The van der Waals surface area contributed by atoms with Crippen LogP contribution in [0.5, 0.6) is 0 Å². The molecule has 2 N–H and O–H groups in total. The van der Waals surface area contributed by atoms with Gasteiger partial charge in [0.1, 0.15) is 0 Å². The van der Waals surface area contributed by atoms with E-state index < -0.39 is 0 Å². The molecule has 0 saturated heterocycles. The minimum absolute atomic E-state index is 0.377. The summed E-state index contributed by atoms with van der Waals surface area (Å²) in [6, 6.07) is 0.377. The molecule has 1 aromatic heterocycles. The Kier molecular flexibility index (Phi) is 2.46. The third kappa shape index (κ3) is 1.86. The van der Waals surface area contributed by atoms with Crippen molar-refractivity contribution in [3.05, 3.63) is 11.7 Å². The van der Waals surface area contributed by atoms with Crippen LogP contribution < -0.4 is 5.73 Å². The molecular weight excluding hydrogens is 202 g/mol. The third-order valence-electron chi connectivity index (χ3n) is 4.02. The Hall–Kier alpha value is -0.900. The monoisotopic (exact) mass is 221 g/mol. The largest absolute Gasteiger partial charge is 0.339 e. The molecule has 2 atom stereocenters. The fraction of sp³-hybridized carbons (Fsp3) is 0.833. The number of hydrogen-bond donors (Lipinski definition) is 1. The van der Waals surface area contributed by atoms with Crippen LogP contribution in [0.2, 0.25) is 0 Å². The van der Waals surface area contributed by atoms with E-state index in [1.165, 1.54) is 6.42 Å². The van der Waals surface area contributed by atoms with Crippen molar-refractivity contribution in [2.75, 3.05) is 0 Å². The summed E-state index contributed by atoms with van der Waals surface area (Å²) in [6.45, 7) is 2.24. The molecule has 0 radical (unpaired) electrons. The molecule has 0 bridgehead atoms. The van der Waals surface area contributed by atoms with Crippen LogP contribution in [0.3, 0.4) is 0 Å². The Labute approximate surface area is 95.6 Å². The first-order chi connectivity index (χ1) is 7.74. The maximum atomic E-state index is 5.89. The van der Waals surface area contributed by atoms with Crippen LogP contribution in [-0.4, -0.2) is 16.2 Å². The highest BCUT2D eigenvalue weighted by molar-refractivity contribution is 5.09. The number of aromatic nitrogens is 2. The van der Waals surface area contributed by atoms with Crippen molar-refractivity contribution in [2.24, 2.45) is 11.7 Å². The zero-order valence-electron chi connectivity index (χ0n) is 9.72. The van der Waals surface area contributed by atoms with Crippen LogP contribution in [0.1, 0.15) is 62.6 Å². The maximum absolute atomic E-state index is 5.89. The first-order valence-electron chi connectivity index (χ1n) is 6.33. The van der Waals surface area contributed by atoms with Crippen molar-refractivity contribution in [1.29, 1.82) is 0 Å². The standard InChI is InChI=1S/C12H19N3O/c1-7-6-10(7)11-14-12(16-15-11)8-2-4-9(13)5-3-8/h7-10H,2-6,13H2,1H3. The van der Waals surface area contributed by atoms with Gasteiger partial charge >= 0.3 is 0 Å². The fourth-order valence-electron chi connectivity index (χ4n) is 2.61. The summed E-state index contributed by atoms with van der Waals surface area (Å²) in [4.78, 5) is 4.55. The van der Waals surface area contributed by atoms with Gasteiger partial charge < -0.3 is 10.3 Å². The van der Waals surface area contributed by atoms with Gasteiger partial charge in [-0.2, -0.15) is 4.98 Å². The first-order valence-corrected chi connectivity index (χ1v) is 6.33. The van der Waals surface area contributed by atoms with Crippen LogP contribution in [0.15, 0.2) is 4.52 Å². The molecule has 16 heavy (non-hydrogen) atoms. The molecule has 2 aliphatic rings. The van der Waals surface area contributed by atoms with Crippen molar-refractivity contribution >= 4 is 0 Å². The van der Waals surface area contributed by atoms with Crippen molar-refractivity contribution < 1.29 is 4.52 Å². The Balaban J connectivity index is 1.68. The lowest BCUT2D eigenvalue weighted by atomic mass is 9.86. The Morgan fingerprint density at radius 3 is 2.56 bits per heavy atom. The first kappa shape index (κ1) is 10.3. The molecule has 0 aromatic carbocycles. The zero-order chi connectivity index (χ0) is 11.1. The summed E-state index contributed by atoms with van der Waals surface area (Å²) in [7, 11) is 0. The van der Waals surface area contributed by atoms with E-state index in [-0.39, 0.29) is 0 Å². The van der Waals surface area contributed by atoms with E-state index in [2.05, 4.69) is 17.1 Å². The maximum Gasteiger partial charge on any atom is 0.229 e. The number of nitrogens with zero attached hydrogens (tertiary/aromatic N) is 2. The van der Waals surface area contributed by atoms with Gasteiger partial charge in [-0.15, -0.1) is 0 Å². The Morgan fingerprint density at radius 1 is 1.25 bits per heavy atom. The van der Waals surface area contributed by atoms with Crippen molar-refractivity contribution in [2.45, 2.75) is 56.9 Å². The predicted octanol–water partition coefficient (Wildman–Crippen LogP) is 2.18. The van der Waals surface area contributed by atoms with Gasteiger partial charge in [-0.1, -0.05) is 12.1 Å². The highest BCUT2D eigenvalue weighted by Crippen LogP contribution is 2.46. The van der Waals surface area contributed by atoms with Gasteiger partial charge in [0.2, 0.25) is 5.89 Å². The quantitative estimate of drug-likeness (QED) is 0.831. The molecule has 3 rings (SSSR count). The van der Waals surface area contributed by atoms with Crippen LogP contribution in [-0.2, 0) is 0 Å². The van der Waals surface area contributed by atoms with E-state index in [4.69, 9.17) is 10.3 Å². The van der Waals surface area contributed by atoms with Crippen LogP contribution >= 0.6 is 0 Å². The second kappa shape index (κ2) is 3.84. The highest BCUT2D eigenvalue weighted by atomic mass is 16.5. The molecule has 2 fully saturated rings. The van der Waals surface area contributed by atoms with E-state index in [1.807, 2.05) is 0 Å². The van der Waals surface area contributed by atoms with Crippen LogP contribution in [0, 0.1) is 5.92 Å². The van der Waals surface area contributed by atoms with Gasteiger partial charge in [-0.05, 0) is 38.0 Å². The summed E-state index contributed by atoms with van der Waals surface area (Å²) in [6.07, 6.45) is 5.59. The summed E-state index contributed by atoms with van der Waals surface area (Å²) < 4.78 is 5.39. The lowest BCUT2D eigenvalue weighted by molar-refractivity contribution is 0.299. The zero-order valence-corrected chi connectivity index (χ0v) is 9.72. The number of hydrogen-bond acceptors (Lipinski definition) is 4. The third-order valence-corrected chi connectivity index (χ3v) is 4.02. The Bertz CT molecular complexity index is 368. The average Bonchev–Trinajstić information content (AvgIpc) is 2.82. The molecule has 2 saturated carbocycles. The van der Waals surface area contributed by atoms with E-state index in [0.29, 0.717) is 17.9 Å². The van der Waals surface area contributed by atoms with Crippen molar-refractivity contribution in [3.8, 4) is 0 Å². The molecule has 4 heteroatoms. The Morgan fingerprint density at radius 2 is 1.94 bits per heavy atom. The second-order valence-corrected chi connectivity index (χ2v) is 5.42. The molecule has 88 valence electrons. The predicted molar refractivity (Wildman–Crippen MR) is 60.0 cm³/mol. The highest BCUT2D eigenvalue weighted by Gasteiger charge is 2.38. The lowest BCUT2D eigenvalue weighted by Gasteiger charge is -2.22. The van der Waals surface area contributed by atoms with E-state index in [9.17, 15) is 0 Å². The SMILES string of the molecule is CC1CC1c1noc(C2CCC(N)CC2)n1. The van der Waals surface area contributed by atoms with E-state index >= 15 is 0 Å². The van der Waals surface area contributed by atoms with Crippen molar-refractivity contribution in [3.63, 3.8) is 0 Å².